The van der Waals surface area contributed by atoms with Gasteiger partial charge in [0.2, 0.25) is 0 Å². The Kier molecular flexibility index (Phi) is 3.72. The highest BCUT2D eigenvalue weighted by Gasteiger charge is 2.35. The van der Waals surface area contributed by atoms with Crippen LogP contribution in [0.2, 0.25) is 0 Å². The van der Waals surface area contributed by atoms with Gasteiger partial charge >= 0.3 is 0 Å². The molecule has 3 atom stereocenters. The van der Waals surface area contributed by atoms with Crippen LogP contribution in [0.1, 0.15) is 51.9 Å². The highest BCUT2D eigenvalue weighted by Crippen LogP contribution is 2.35. The van der Waals surface area contributed by atoms with Gasteiger partial charge in [0.15, 0.2) is 0 Å². The molecule has 2 aliphatic carbocycles. The summed E-state index contributed by atoms with van der Waals surface area (Å²) < 4.78 is 0. The van der Waals surface area contributed by atoms with Crippen molar-refractivity contribution in [3.05, 3.63) is 0 Å². The summed E-state index contributed by atoms with van der Waals surface area (Å²) in [5.41, 5.74) is 0. The third kappa shape index (κ3) is 3.03. The molecule has 0 spiro atoms. The van der Waals surface area contributed by atoms with E-state index in [2.05, 4.69) is 17.1 Å². The van der Waals surface area contributed by atoms with Gasteiger partial charge in [0, 0.05) is 31.7 Å². The van der Waals surface area contributed by atoms with E-state index in [1.54, 1.807) is 0 Å². The average molecular weight is 236 g/mol. The third-order valence-corrected chi connectivity index (χ3v) is 5.17. The Morgan fingerprint density at radius 3 is 2.71 bits per heavy atom. The fraction of sp³-hybridized carbons (Fsp3) is 1.00. The fourth-order valence-electron chi connectivity index (χ4n) is 3.78. The van der Waals surface area contributed by atoms with Gasteiger partial charge in [-0.15, -0.1) is 0 Å². The van der Waals surface area contributed by atoms with Gasteiger partial charge in [-0.2, -0.15) is 0 Å². The largest absolute Gasteiger partial charge is 0.311 e. The van der Waals surface area contributed by atoms with Crippen LogP contribution < -0.4 is 5.32 Å². The van der Waals surface area contributed by atoms with Gasteiger partial charge in [0.25, 0.3) is 0 Å². The van der Waals surface area contributed by atoms with E-state index < -0.39 is 0 Å². The van der Waals surface area contributed by atoms with Crippen LogP contribution in [0, 0.1) is 11.8 Å². The minimum atomic E-state index is 0.824. The van der Waals surface area contributed by atoms with Crippen LogP contribution in [0.25, 0.3) is 0 Å². The summed E-state index contributed by atoms with van der Waals surface area (Å²) in [6, 6.07) is 1.73. The normalized spacial score (nSPS) is 41.1. The lowest BCUT2D eigenvalue weighted by atomic mass is 10.0. The predicted molar refractivity (Wildman–Crippen MR) is 72.1 cm³/mol. The Balaban J connectivity index is 1.55. The zero-order valence-corrected chi connectivity index (χ0v) is 11.3. The summed E-state index contributed by atoms with van der Waals surface area (Å²) in [4.78, 5) is 2.82. The summed E-state index contributed by atoms with van der Waals surface area (Å²) in [6.07, 6.45) is 10.3. The van der Waals surface area contributed by atoms with Crippen LogP contribution in [-0.2, 0) is 0 Å². The highest BCUT2D eigenvalue weighted by atomic mass is 15.2. The van der Waals surface area contributed by atoms with Crippen LogP contribution in [-0.4, -0.2) is 36.6 Å². The second-order valence-corrected chi connectivity index (χ2v) is 6.66. The van der Waals surface area contributed by atoms with Gasteiger partial charge in [0.05, 0.1) is 0 Å². The van der Waals surface area contributed by atoms with Gasteiger partial charge in [-0.05, 0) is 43.9 Å². The van der Waals surface area contributed by atoms with E-state index in [4.69, 9.17) is 0 Å². The van der Waals surface area contributed by atoms with Crippen molar-refractivity contribution in [3.8, 4) is 0 Å². The molecule has 0 amide bonds. The fourth-order valence-corrected chi connectivity index (χ4v) is 3.78. The maximum Gasteiger partial charge on any atom is 0.0223 e. The quantitative estimate of drug-likeness (QED) is 0.742. The molecular weight excluding hydrogens is 208 g/mol. The van der Waals surface area contributed by atoms with E-state index in [0.29, 0.717) is 0 Å². The number of rotatable bonds is 2. The smallest absolute Gasteiger partial charge is 0.0223 e. The molecule has 2 nitrogen and oxygen atoms in total. The summed E-state index contributed by atoms with van der Waals surface area (Å²) in [6.45, 7) is 6.30. The van der Waals surface area contributed by atoms with Crippen LogP contribution in [0.4, 0.5) is 0 Å². The van der Waals surface area contributed by atoms with E-state index in [1.807, 2.05) is 0 Å². The van der Waals surface area contributed by atoms with Crippen molar-refractivity contribution in [1.29, 1.82) is 0 Å². The molecule has 3 rings (SSSR count). The van der Waals surface area contributed by atoms with E-state index >= 15 is 0 Å². The first-order valence-corrected chi connectivity index (χ1v) is 7.80. The lowest BCUT2D eigenvalue weighted by Gasteiger charge is -2.39. The van der Waals surface area contributed by atoms with E-state index in [1.165, 1.54) is 64.6 Å². The maximum atomic E-state index is 3.73. The van der Waals surface area contributed by atoms with Gasteiger partial charge in [-0.1, -0.05) is 19.8 Å². The van der Waals surface area contributed by atoms with Gasteiger partial charge in [-0.3, -0.25) is 4.90 Å². The van der Waals surface area contributed by atoms with Crippen LogP contribution in [0.3, 0.4) is 0 Å². The summed E-state index contributed by atoms with van der Waals surface area (Å²) in [5.74, 6) is 1.99. The molecule has 0 radical (unpaired) electrons. The first-order chi connectivity index (χ1) is 8.33. The van der Waals surface area contributed by atoms with Crippen molar-refractivity contribution in [1.82, 2.24) is 10.2 Å². The van der Waals surface area contributed by atoms with Crippen molar-refractivity contribution < 1.29 is 0 Å². The van der Waals surface area contributed by atoms with Crippen molar-refractivity contribution in [2.75, 3.05) is 19.6 Å². The SMILES string of the molecule is CC1CCCC(N2CCNC(C3CC3)C2)CC1. The Morgan fingerprint density at radius 2 is 1.88 bits per heavy atom. The van der Waals surface area contributed by atoms with Gasteiger partial charge in [-0.25, -0.2) is 0 Å². The number of hydrogen-bond donors (Lipinski definition) is 1. The summed E-state index contributed by atoms with van der Waals surface area (Å²) in [5, 5.41) is 3.73. The molecule has 3 fully saturated rings. The Morgan fingerprint density at radius 1 is 1.00 bits per heavy atom. The molecule has 0 aromatic heterocycles. The van der Waals surface area contributed by atoms with Crippen molar-refractivity contribution in [3.63, 3.8) is 0 Å². The van der Waals surface area contributed by atoms with Crippen molar-refractivity contribution in [2.24, 2.45) is 11.8 Å². The minimum absolute atomic E-state index is 0.824. The molecule has 0 bridgehead atoms. The first-order valence-electron chi connectivity index (χ1n) is 7.80. The van der Waals surface area contributed by atoms with Crippen molar-refractivity contribution in [2.45, 2.75) is 64.0 Å². The molecule has 98 valence electrons. The Bertz CT molecular complexity index is 249. The average Bonchev–Trinajstić information content (AvgIpc) is 3.16. The van der Waals surface area contributed by atoms with Crippen LogP contribution >= 0.6 is 0 Å². The lowest BCUT2D eigenvalue weighted by Crippen LogP contribution is -2.54. The Hall–Kier alpha value is -0.0800. The first kappa shape index (κ1) is 12.0. The second-order valence-electron chi connectivity index (χ2n) is 6.66. The molecule has 0 aromatic rings. The van der Waals surface area contributed by atoms with E-state index in [9.17, 15) is 0 Å². The minimum Gasteiger partial charge on any atom is -0.311 e. The van der Waals surface area contributed by atoms with Gasteiger partial charge in [0.1, 0.15) is 0 Å². The van der Waals surface area contributed by atoms with E-state index in [0.717, 1.165) is 23.9 Å². The molecule has 3 aliphatic rings. The molecule has 1 heterocycles. The van der Waals surface area contributed by atoms with Crippen LogP contribution in [0.15, 0.2) is 0 Å². The number of hydrogen-bond acceptors (Lipinski definition) is 2. The molecule has 3 unspecified atom stereocenters. The third-order valence-electron chi connectivity index (χ3n) is 5.17. The Labute approximate surface area is 106 Å². The number of nitrogens with one attached hydrogen (secondary N) is 1. The lowest BCUT2D eigenvalue weighted by molar-refractivity contribution is 0.124. The molecule has 2 saturated carbocycles. The zero-order valence-electron chi connectivity index (χ0n) is 11.3. The standard InChI is InChI=1S/C15H28N2/c1-12-3-2-4-14(8-5-12)17-10-9-16-15(11-17)13-6-7-13/h12-16H,2-11H2,1H3. The van der Waals surface area contributed by atoms with Crippen molar-refractivity contribution >= 4 is 0 Å². The molecule has 17 heavy (non-hydrogen) atoms. The molecule has 0 aromatic carbocycles. The monoisotopic (exact) mass is 236 g/mol. The van der Waals surface area contributed by atoms with Gasteiger partial charge < -0.3 is 5.32 Å². The van der Waals surface area contributed by atoms with Crippen LogP contribution in [0.5, 0.6) is 0 Å². The topological polar surface area (TPSA) is 15.3 Å². The number of piperazine rings is 1. The zero-order chi connectivity index (χ0) is 11.7. The molecule has 1 aliphatic heterocycles. The summed E-state index contributed by atoms with van der Waals surface area (Å²) in [7, 11) is 0. The number of nitrogens with zero attached hydrogens (tertiary/aromatic N) is 1. The molecular formula is C15H28N2. The van der Waals surface area contributed by atoms with E-state index in [-0.39, 0.29) is 0 Å². The highest BCUT2D eigenvalue weighted by molar-refractivity contribution is 4.93. The second kappa shape index (κ2) is 5.27. The molecule has 2 heteroatoms. The summed E-state index contributed by atoms with van der Waals surface area (Å²) >= 11 is 0. The maximum absolute atomic E-state index is 3.73. The predicted octanol–water partition coefficient (Wildman–Crippen LogP) is 2.64. The molecule has 1 N–H and O–H groups in total. The molecule has 1 saturated heterocycles.